The van der Waals surface area contributed by atoms with E-state index in [1.807, 2.05) is 24.3 Å². The van der Waals surface area contributed by atoms with Gasteiger partial charge in [-0.15, -0.1) is 0 Å². The minimum atomic E-state index is 0.683. The monoisotopic (exact) mass is 198 g/mol. The first kappa shape index (κ1) is 8.41. The van der Waals surface area contributed by atoms with Crippen LogP contribution in [0.2, 0.25) is 0 Å². The average Bonchev–Trinajstić information content (AvgIpc) is 2.74. The molecule has 0 saturated heterocycles. The summed E-state index contributed by atoms with van der Waals surface area (Å²) in [5.41, 5.74) is 2.58. The van der Waals surface area contributed by atoms with Gasteiger partial charge in [0, 0.05) is 11.8 Å². The Morgan fingerprint density at radius 3 is 3.13 bits per heavy atom. The molecule has 1 aliphatic rings. The van der Waals surface area contributed by atoms with Crippen molar-refractivity contribution in [1.29, 1.82) is 0 Å². The molecular formula is C12H10N2O. The molecule has 0 bridgehead atoms. The molecule has 0 aliphatic heterocycles. The molecule has 0 aromatic carbocycles. The molecule has 15 heavy (non-hydrogen) atoms. The van der Waals surface area contributed by atoms with Gasteiger partial charge in [-0.25, -0.2) is 4.98 Å². The molecule has 2 aromatic rings. The number of nitrogens with zero attached hydrogens (tertiary/aromatic N) is 2. The lowest BCUT2D eigenvalue weighted by Gasteiger charge is -2.02. The summed E-state index contributed by atoms with van der Waals surface area (Å²) in [4.78, 5) is 8.50. The van der Waals surface area contributed by atoms with Gasteiger partial charge in [-0.3, -0.25) is 0 Å². The first-order valence-corrected chi connectivity index (χ1v) is 5.01. The van der Waals surface area contributed by atoms with Gasteiger partial charge >= 0.3 is 0 Å². The fraction of sp³-hybridized carbons (Fsp3) is 0.167. The maximum absolute atomic E-state index is 5.63. The van der Waals surface area contributed by atoms with Crippen LogP contribution in [0.1, 0.15) is 18.7 Å². The lowest BCUT2D eigenvalue weighted by atomic mass is 10.1. The Balaban J connectivity index is 2.11. The number of aromatic nitrogens is 2. The zero-order chi connectivity index (χ0) is 10.1. The highest BCUT2D eigenvalue weighted by atomic mass is 16.3. The van der Waals surface area contributed by atoms with Gasteiger partial charge in [-0.05, 0) is 25.0 Å². The van der Waals surface area contributed by atoms with Crippen molar-refractivity contribution in [3.63, 3.8) is 0 Å². The van der Waals surface area contributed by atoms with Crippen molar-refractivity contribution in [3.05, 3.63) is 42.4 Å². The van der Waals surface area contributed by atoms with Crippen molar-refractivity contribution >= 4 is 16.8 Å². The van der Waals surface area contributed by atoms with Crippen LogP contribution in [-0.2, 0) is 0 Å². The highest BCUT2D eigenvalue weighted by Gasteiger charge is 2.11. The van der Waals surface area contributed by atoms with E-state index >= 15 is 0 Å². The van der Waals surface area contributed by atoms with Crippen LogP contribution in [0, 0.1) is 0 Å². The van der Waals surface area contributed by atoms with Crippen LogP contribution in [0.15, 0.2) is 41.0 Å². The first-order valence-electron chi connectivity index (χ1n) is 5.01. The molecule has 3 heteroatoms. The zero-order valence-corrected chi connectivity index (χ0v) is 8.18. The second-order valence-corrected chi connectivity index (χ2v) is 3.50. The van der Waals surface area contributed by atoms with Gasteiger partial charge in [0.15, 0.2) is 11.2 Å². The number of oxazole rings is 1. The van der Waals surface area contributed by atoms with Crippen LogP contribution in [-0.4, -0.2) is 9.97 Å². The van der Waals surface area contributed by atoms with E-state index in [4.69, 9.17) is 4.42 Å². The van der Waals surface area contributed by atoms with Crippen molar-refractivity contribution in [2.45, 2.75) is 12.8 Å². The van der Waals surface area contributed by atoms with Crippen molar-refractivity contribution in [3.8, 4) is 0 Å². The first-order chi connectivity index (χ1) is 7.43. The molecule has 0 saturated carbocycles. The molecule has 3 rings (SSSR count). The van der Waals surface area contributed by atoms with E-state index in [0.29, 0.717) is 11.5 Å². The molecular weight excluding hydrogens is 188 g/mol. The second-order valence-electron chi connectivity index (χ2n) is 3.50. The third kappa shape index (κ3) is 1.46. The fourth-order valence-corrected chi connectivity index (χ4v) is 1.69. The zero-order valence-electron chi connectivity index (χ0n) is 8.18. The van der Waals surface area contributed by atoms with E-state index in [2.05, 4.69) is 16.0 Å². The predicted octanol–water partition coefficient (Wildman–Crippen LogP) is 2.96. The standard InChI is InChI=1S/C12H10N2O/c1-2-5-9(6-3-1)12-14-11-10(15-12)7-4-8-13-11/h1-2,4-5,7-8H,3,6H2. The smallest absolute Gasteiger partial charge is 0.224 e. The normalized spacial score (nSPS) is 15.6. The molecule has 0 amide bonds. The molecule has 0 fully saturated rings. The summed E-state index contributed by atoms with van der Waals surface area (Å²) in [6, 6.07) is 3.74. The summed E-state index contributed by atoms with van der Waals surface area (Å²) in [6.07, 6.45) is 10.0. The Labute approximate surface area is 87.2 Å². The summed E-state index contributed by atoms with van der Waals surface area (Å²) >= 11 is 0. The molecule has 74 valence electrons. The molecule has 2 aromatic heterocycles. The van der Waals surface area contributed by atoms with E-state index in [1.54, 1.807) is 6.20 Å². The summed E-state index contributed by atoms with van der Waals surface area (Å²) in [7, 11) is 0. The van der Waals surface area contributed by atoms with Gasteiger partial charge in [0.25, 0.3) is 0 Å². The Kier molecular flexibility index (Phi) is 1.88. The summed E-state index contributed by atoms with van der Waals surface area (Å²) in [5.74, 6) is 0.702. The molecule has 1 aliphatic carbocycles. The number of rotatable bonds is 1. The topological polar surface area (TPSA) is 38.9 Å². The van der Waals surface area contributed by atoms with Gasteiger partial charge < -0.3 is 4.42 Å². The second kappa shape index (κ2) is 3.35. The molecule has 2 heterocycles. The minimum absolute atomic E-state index is 0.683. The van der Waals surface area contributed by atoms with Crippen molar-refractivity contribution in [2.75, 3.05) is 0 Å². The number of allylic oxidation sites excluding steroid dienone is 4. The lowest BCUT2D eigenvalue weighted by molar-refractivity contribution is 0.580. The predicted molar refractivity (Wildman–Crippen MR) is 58.2 cm³/mol. The lowest BCUT2D eigenvalue weighted by Crippen LogP contribution is -1.87. The van der Waals surface area contributed by atoms with Crippen LogP contribution >= 0.6 is 0 Å². The molecule has 0 N–H and O–H groups in total. The third-order valence-corrected chi connectivity index (χ3v) is 2.45. The summed E-state index contributed by atoms with van der Waals surface area (Å²) in [6.45, 7) is 0. The van der Waals surface area contributed by atoms with Gasteiger partial charge in [-0.2, -0.15) is 4.98 Å². The SMILES string of the molecule is C1=CCCC(c2nc3ncccc3o2)=C1. The van der Waals surface area contributed by atoms with E-state index in [-0.39, 0.29) is 0 Å². The molecule has 0 atom stereocenters. The van der Waals surface area contributed by atoms with Crippen LogP contribution in [0.5, 0.6) is 0 Å². The van der Waals surface area contributed by atoms with Gasteiger partial charge in [-0.1, -0.05) is 18.2 Å². The van der Waals surface area contributed by atoms with E-state index < -0.39 is 0 Å². The maximum atomic E-state index is 5.63. The van der Waals surface area contributed by atoms with Crippen LogP contribution < -0.4 is 0 Å². The van der Waals surface area contributed by atoms with Crippen molar-refractivity contribution < 1.29 is 4.42 Å². The third-order valence-electron chi connectivity index (χ3n) is 2.45. The van der Waals surface area contributed by atoms with Crippen LogP contribution in [0.4, 0.5) is 0 Å². The summed E-state index contributed by atoms with van der Waals surface area (Å²) in [5, 5.41) is 0. The van der Waals surface area contributed by atoms with Crippen LogP contribution in [0.25, 0.3) is 16.8 Å². The van der Waals surface area contributed by atoms with E-state index in [9.17, 15) is 0 Å². The molecule has 0 radical (unpaired) electrons. The molecule has 3 nitrogen and oxygen atoms in total. The Hall–Kier alpha value is -1.90. The molecule has 0 spiro atoms. The van der Waals surface area contributed by atoms with Gasteiger partial charge in [0.1, 0.15) is 0 Å². The Morgan fingerprint density at radius 2 is 2.33 bits per heavy atom. The van der Waals surface area contributed by atoms with Crippen LogP contribution in [0.3, 0.4) is 0 Å². The fourth-order valence-electron chi connectivity index (χ4n) is 1.69. The Morgan fingerprint density at radius 1 is 1.33 bits per heavy atom. The summed E-state index contributed by atoms with van der Waals surface area (Å²) < 4.78 is 5.63. The number of hydrogen-bond acceptors (Lipinski definition) is 3. The number of hydrogen-bond donors (Lipinski definition) is 0. The largest absolute Gasteiger partial charge is 0.435 e. The minimum Gasteiger partial charge on any atom is -0.435 e. The Bertz CT molecular complexity index is 519. The van der Waals surface area contributed by atoms with Crippen molar-refractivity contribution in [1.82, 2.24) is 9.97 Å². The highest BCUT2D eigenvalue weighted by Crippen LogP contribution is 2.25. The van der Waals surface area contributed by atoms with E-state index in [1.165, 1.54) is 0 Å². The van der Waals surface area contributed by atoms with Crippen molar-refractivity contribution in [2.24, 2.45) is 0 Å². The highest BCUT2D eigenvalue weighted by molar-refractivity contribution is 5.72. The average molecular weight is 198 g/mol. The molecule has 0 unspecified atom stereocenters. The maximum Gasteiger partial charge on any atom is 0.224 e. The van der Waals surface area contributed by atoms with E-state index in [0.717, 1.165) is 24.0 Å². The number of pyridine rings is 1. The number of fused-ring (bicyclic) bond motifs is 1. The van der Waals surface area contributed by atoms with Gasteiger partial charge in [0.05, 0.1) is 0 Å². The quantitative estimate of drug-likeness (QED) is 0.707. The van der Waals surface area contributed by atoms with Gasteiger partial charge in [0.2, 0.25) is 5.89 Å².